The van der Waals surface area contributed by atoms with Crippen molar-refractivity contribution < 1.29 is 18.0 Å². The third-order valence-electron chi connectivity index (χ3n) is 3.88. The lowest BCUT2D eigenvalue weighted by Gasteiger charge is -2.17. The van der Waals surface area contributed by atoms with Crippen molar-refractivity contribution in [3.63, 3.8) is 0 Å². The SMILES string of the molecule is Cc1ccc(NC(=O)CCS(=O)(=O)c2ccc3c(c2)NC(=O)CS3)cc1. The van der Waals surface area contributed by atoms with Crippen molar-refractivity contribution in [1.82, 2.24) is 0 Å². The van der Waals surface area contributed by atoms with Crippen LogP contribution in [0.5, 0.6) is 0 Å². The number of benzene rings is 2. The monoisotopic (exact) mass is 390 g/mol. The number of fused-ring (bicyclic) bond motifs is 1. The summed E-state index contributed by atoms with van der Waals surface area (Å²) >= 11 is 1.37. The molecule has 0 unspecified atom stereocenters. The number of rotatable bonds is 5. The van der Waals surface area contributed by atoms with Gasteiger partial charge in [0, 0.05) is 17.0 Å². The molecule has 3 rings (SSSR count). The Hall–Kier alpha value is -2.32. The topological polar surface area (TPSA) is 92.3 Å². The first-order valence-corrected chi connectivity index (χ1v) is 10.6. The molecule has 0 aromatic heterocycles. The zero-order valence-corrected chi connectivity index (χ0v) is 15.7. The molecule has 0 bridgehead atoms. The fraction of sp³-hybridized carbons (Fsp3) is 0.222. The number of amides is 2. The van der Waals surface area contributed by atoms with E-state index >= 15 is 0 Å². The Morgan fingerprint density at radius 1 is 1.19 bits per heavy atom. The van der Waals surface area contributed by atoms with Crippen molar-refractivity contribution in [3.8, 4) is 0 Å². The number of carbonyl (C=O) groups excluding carboxylic acids is 2. The Bertz CT molecular complexity index is 954. The number of anilines is 2. The Labute approximate surface area is 156 Å². The molecule has 1 aliphatic rings. The normalized spacial score (nSPS) is 13.7. The number of thioether (sulfide) groups is 1. The second-order valence-electron chi connectivity index (χ2n) is 5.98. The maximum Gasteiger partial charge on any atom is 0.234 e. The largest absolute Gasteiger partial charge is 0.326 e. The molecule has 0 fully saturated rings. The Balaban J connectivity index is 1.65. The molecule has 1 aliphatic heterocycles. The van der Waals surface area contributed by atoms with Crippen molar-refractivity contribution in [2.24, 2.45) is 0 Å². The van der Waals surface area contributed by atoms with Crippen molar-refractivity contribution >= 4 is 44.8 Å². The Morgan fingerprint density at radius 2 is 1.92 bits per heavy atom. The fourth-order valence-corrected chi connectivity index (χ4v) is 4.51. The molecule has 26 heavy (non-hydrogen) atoms. The highest BCUT2D eigenvalue weighted by molar-refractivity contribution is 8.00. The zero-order chi connectivity index (χ0) is 18.7. The van der Waals surface area contributed by atoms with Crippen LogP contribution in [0.2, 0.25) is 0 Å². The Morgan fingerprint density at radius 3 is 2.65 bits per heavy atom. The molecule has 2 amide bonds. The summed E-state index contributed by atoms with van der Waals surface area (Å²) in [4.78, 5) is 24.4. The molecule has 1 heterocycles. The maximum absolute atomic E-state index is 12.5. The second-order valence-corrected chi connectivity index (χ2v) is 9.10. The van der Waals surface area contributed by atoms with E-state index in [-0.39, 0.29) is 28.9 Å². The lowest BCUT2D eigenvalue weighted by atomic mass is 10.2. The van der Waals surface area contributed by atoms with Crippen LogP contribution in [0.25, 0.3) is 0 Å². The molecule has 136 valence electrons. The fourth-order valence-electron chi connectivity index (χ4n) is 2.46. The van der Waals surface area contributed by atoms with Gasteiger partial charge in [-0.05, 0) is 37.3 Å². The minimum Gasteiger partial charge on any atom is -0.326 e. The van der Waals surface area contributed by atoms with Gasteiger partial charge in [-0.2, -0.15) is 0 Å². The first-order chi connectivity index (χ1) is 12.3. The molecule has 6 nitrogen and oxygen atoms in total. The van der Waals surface area contributed by atoms with Gasteiger partial charge in [0.1, 0.15) is 0 Å². The molecule has 0 saturated carbocycles. The highest BCUT2D eigenvalue weighted by Crippen LogP contribution is 2.33. The van der Waals surface area contributed by atoms with Crippen molar-refractivity contribution in [2.75, 3.05) is 22.1 Å². The molecule has 2 aromatic carbocycles. The number of nitrogens with one attached hydrogen (secondary N) is 2. The van der Waals surface area contributed by atoms with E-state index in [1.54, 1.807) is 18.2 Å². The molecule has 0 saturated heterocycles. The van der Waals surface area contributed by atoms with Gasteiger partial charge in [0.2, 0.25) is 11.8 Å². The molecule has 2 N–H and O–H groups in total. The van der Waals surface area contributed by atoms with Crippen LogP contribution in [0.15, 0.2) is 52.3 Å². The van der Waals surface area contributed by atoms with Crippen LogP contribution < -0.4 is 10.6 Å². The summed E-state index contributed by atoms with van der Waals surface area (Å²) < 4.78 is 25.0. The Kier molecular flexibility index (Phi) is 5.33. The van der Waals surface area contributed by atoms with Gasteiger partial charge < -0.3 is 10.6 Å². The number of sulfone groups is 1. The van der Waals surface area contributed by atoms with Crippen LogP contribution in [0.4, 0.5) is 11.4 Å². The molecule has 2 aromatic rings. The van der Waals surface area contributed by atoms with Crippen LogP contribution in [0.3, 0.4) is 0 Å². The predicted octanol–water partition coefficient (Wildman–Crippen LogP) is 2.84. The molecule has 0 radical (unpaired) electrons. The second kappa shape index (κ2) is 7.51. The van der Waals surface area contributed by atoms with E-state index in [2.05, 4.69) is 10.6 Å². The van der Waals surface area contributed by atoms with E-state index in [1.165, 1.54) is 23.9 Å². The maximum atomic E-state index is 12.5. The van der Waals surface area contributed by atoms with Crippen molar-refractivity contribution in [1.29, 1.82) is 0 Å². The van der Waals surface area contributed by atoms with E-state index < -0.39 is 9.84 Å². The highest BCUT2D eigenvalue weighted by Gasteiger charge is 2.21. The van der Waals surface area contributed by atoms with Gasteiger partial charge in [-0.1, -0.05) is 17.7 Å². The third-order valence-corrected chi connectivity index (χ3v) is 6.66. The average molecular weight is 390 g/mol. The minimum atomic E-state index is -3.63. The van der Waals surface area contributed by atoms with Crippen LogP contribution in [0.1, 0.15) is 12.0 Å². The minimum absolute atomic E-state index is 0.0992. The first-order valence-electron chi connectivity index (χ1n) is 7.99. The number of hydrogen-bond donors (Lipinski definition) is 2. The van der Waals surface area contributed by atoms with Crippen LogP contribution in [-0.2, 0) is 19.4 Å². The molecular weight excluding hydrogens is 372 g/mol. The van der Waals surface area contributed by atoms with E-state index in [4.69, 9.17) is 0 Å². The van der Waals surface area contributed by atoms with E-state index in [0.29, 0.717) is 17.1 Å². The highest BCUT2D eigenvalue weighted by atomic mass is 32.2. The molecule has 0 aliphatic carbocycles. The van der Waals surface area contributed by atoms with Gasteiger partial charge in [-0.3, -0.25) is 9.59 Å². The standard InChI is InChI=1S/C18H18N2O4S2/c1-12-2-4-13(5-3-12)19-17(21)8-9-26(23,24)14-6-7-16-15(10-14)20-18(22)11-25-16/h2-7,10H,8-9,11H2,1H3,(H,19,21)(H,20,22). The van der Waals surface area contributed by atoms with Gasteiger partial charge in [-0.15, -0.1) is 11.8 Å². The van der Waals surface area contributed by atoms with Crippen molar-refractivity contribution in [3.05, 3.63) is 48.0 Å². The van der Waals surface area contributed by atoms with Gasteiger partial charge in [-0.25, -0.2) is 8.42 Å². The summed E-state index contributed by atoms with van der Waals surface area (Å²) in [6.45, 7) is 1.94. The van der Waals surface area contributed by atoms with E-state index in [9.17, 15) is 18.0 Å². The number of carbonyl (C=O) groups is 2. The summed E-state index contributed by atoms with van der Waals surface area (Å²) in [5, 5.41) is 5.36. The number of hydrogen-bond acceptors (Lipinski definition) is 5. The van der Waals surface area contributed by atoms with Crippen LogP contribution in [-0.4, -0.2) is 31.7 Å². The summed E-state index contributed by atoms with van der Waals surface area (Å²) in [6.07, 6.45) is -0.144. The average Bonchev–Trinajstić information content (AvgIpc) is 2.61. The lowest BCUT2D eigenvalue weighted by Crippen LogP contribution is -2.20. The van der Waals surface area contributed by atoms with E-state index in [0.717, 1.165) is 10.5 Å². The van der Waals surface area contributed by atoms with E-state index in [1.807, 2.05) is 19.1 Å². The smallest absolute Gasteiger partial charge is 0.234 e. The molecule has 0 spiro atoms. The predicted molar refractivity (Wildman–Crippen MR) is 102 cm³/mol. The summed E-state index contributed by atoms with van der Waals surface area (Å²) in [5.74, 6) is -0.503. The molecular formula is C18H18N2O4S2. The third kappa shape index (κ3) is 4.44. The lowest BCUT2D eigenvalue weighted by molar-refractivity contribution is -0.116. The summed E-state index contributed by atoms with van der Waals surface area (Å²) in [6, 6.07) is 11.9. The van der Waals surface area contributed by atoms with Gasteiger partial charge in [0.25, 0.3) is 0 Å². The quantitative estimate of drug-likeness (QED) is 0.819. The van der Waals surface area contributed by atoms with Gasteiger partial charge in [0.15, 0.2) is 9.84 Å². The van der Waals surface area contributed by atoms with Crippen LogP contribution in [0, 0.1) is 6.92 Å². The van der Waals surface area contributed by atoms with Gasteiger partial charge >= 0.3 is 0 Å². The zero-order valence-electron chi connectivity index (χ0n) is 14.1. The van der Waals surface area contributed by atoms with Gasteiger partial charge in [0.05, 0.1) is 22.1 Å². The number of aryl methyl sites for hydroxylation is 1. The van der Waals surface area contributed by atoms with Crippen LogP contribution >= 0.6 is 11.8 Å². The first kappa shape index (κ1) is 18.5. The van der Waals surface area contributed by atoms with Crippen molar-refractivity contribution in [2.45, 2.75) is 23.1 Å². The molecule has 0 atom stereocenters. The molecule has 8 heteroatoms. The summed E-state index contributed by atoms with van der Waals surface area (Å²) in [5.41, 5.74) is 2.20. The summed E-state index contributed by atoms with van der Waals surface area (Å²) in [7, 11) is -3.63.